The van der Waals surface area contributed by atoms with Crippen LogP contribution in [0.2, 0.25) is 0 Å². The maximum absolute atomic E-state index is 11.0. The summed E-state index contributed by atoms with van der Waals surface area (Å²) in [6.45, 7) is 0.0204. The van der Waals surface area contributed by atoms with Crippen LogP contribution < -0.4 is 11.0 Å². The summed E-state index contributed by atoms with van der Waals surface area (Å²) in [6, 6.07) is 6.26. The van der Waals surface area contributed by atoms with Gasteiger partial charge in [0.25, 0.3) is 0 Å². The Bertz CT molecular complexity index is 388. The van der Waals surface area contributed by atoms with Crippen molar-refractivity contribution in [1.29, 1.82) is 0 Å². The van der Waals surface area contributed by atoms with Gasteiger partial charge >= 0.3 is 0 Å². The molecule has 0 spiro atoms. The zero-order valence-electron chi connectivity index (χ0n) is 6.80. The molecule has 5 nitrogen and oxygen atoms in total. The zero-order chi connectivity index (χ0) is 9.90. The van der Waals surface area contributed by atoms with Crippen LogP contribution in [0.3, 0.4) is 0 Å². The van der Waals surface area contributed by atoms with Crippen LogP contribution in [-0.2, 0) is 21.5 Å². The lowest BCUT2D eigenvalue weighted by Crippen LogP contribution is -2.15. The molecule has 0 aromatic heterocycles. The van der Waals surface area contributed by atoms with Gasteiger partial charge in [-0.2, -0.15) is 0 Å². The largest absolute Gasteiger partial charge is 0.300 e. The Kier molecular flexibility index (Phi) is 2.99. The topological polar surface area (TPSA) is 95.4 Å². The van der Waals surface area contributed by atoms with Gasteiger partial charge in [-0.3, -0.25) is 4.84 Å². The lowest BCUT2D eigenvalue weighted by molar-refractivity contribution is 0.122. The molecule has 0 radical (unpaired) electrons. The third kappa shape index (κ3) is 2.49. The van der Waals surface area contributed by atoms with Crippen LogP contribution in [0, 0.1) is 0 Å². The maximum Gasteiger partial charge on any atom is 0.238 e. The van der Waals surface area contributed by atoms with Crippen LogP contribution in [0.25, 0.3) is 0 Å². The molecule has 0 heterocycles. The van der Waals surface area contributed by atoms with E-state index in [1.807, 2.05) is 0 Å². The second-order valence-electron chi connectivity index (χ2n) is 2.46. The number of hydrogen-bond donors (Lipinski definition) is 2. The third-order valence-electron chi connectivity index (χ3n) is 1.52. The van der Waals surface area contributed by atoms with Crippen LogP contribution in [-0.4, -0.2) is 8.42 Å². The van der Waals surface area contributed by atoms with E-state index in [1.54, 1.807) is 18.2 Å². The number of primary sulfonamides is 1. The van der Waals surface area contributed by atoms with Gasteiger partial charge in [0.05, 0.1) is 11.5 Å². The minimum Gasteiger partial charge on any atom is -0.300 e. The van der Waals surface area contributed by atoms with E-state index in [1.165, 1.54) is 6.07 Å². The van der Waals surface area contributed by atoms with Crippen molar-refractivity contribution in [1.82, 2.24) is 0 Å². The molecular formula is C7H10N2O3S. The molecule has 6 heteroatoms. The van der Waals surface area contributed by atoms with Gasteiger partial charge in [0.1, 0.15) is 0 Å². The predicted molar refractivity (Wildman–Crippen MR) is 46.8 cm³/mol. The second-order valence-corrected chi connectivity index (χ2v) is 3.99. The Morgan fingerprint density at radius 1 is 1.31 bits per heavy atom. The van der Waals surface area contributed by atoms with E-state index in [2.05, 4.69) is 4.84 Å². The number of rotatable bonds is 3. The lowest BCUT2D eigenvalue weighted by atomic mass is 10.2. The van der Waals surface area contributed by atoms with E-state index in [0.29, 0.717) is 5.56 Å². The van der Waals surface area contributed by atoms with Gasteiger partial charge < -0.3 is 0 Å². The molecule has 0 aliphatic heterocycles. The van der Waals surface area contributed by atoms with Crippen molar-refractivity contribution < 1.29 is 13.3 Å². The van der Waals surface area contributed by atoms with E-state index >= 15 is 0 Å². The van der Waals surface area contributed by atoms with E-state index in [-0.39, 0.29) is 11.5 Å². The smallest absolute Gasteiger partial charge is 0.238 e. The van der Waals surface area contributed by atoms with Crippen LogP contribution in [0.1, 0.15) is 5.56 Å². The van der Waals surface area contributed by atoms with Gasteiger partial charge in [0.15, 0.2) is 0 Å². The number of nitrogens with two attached hydrogens (primary N) is 2. The average Bonchev–Trinajstić information content (AvgIpc) is 2.04. The summed E-state index contributed by atoms with van der Waals surface area (Å²) in [7, 11) is -3.69. The molecule has 72 valence electrons. The summed E-state index contributed by atoms with van der Waals surface area (Å²) in [5.74, 6) is 4.84. The summed E-state index contributed by atoms with van der Waals surface area (Å²) >= 11 is 0. The van der Waals surface area contributed by atoms with Crippen molar-refractivity contribution in [3.05, 3.63) is 29.8 Å². The number of sulfonamides is 1. The van der Waals surface area contributed by atoms with E-state index in [0.717, 1.165) is 0 Å². The molecule has 1 rings (SSSR count). The Hall–Kier alpha value is -0.950. The summed E-state index contributed by atoms with van der Waals surface area (Å²) in [4.78, 5) is 4.39. The van der Waals surface area contributed by atoms with Gasteiger partial charge in [-0.1, -0.05) is 18.2 Å². The maximum atomic E-state index is 11.0. The lowest BCUT2D eigenvalue weighted by Gasteiger charge is -2.04. The van der Waals surface area contributed by atoms with Crippen LogP contribution in [0.4, 0.5) is 0 Å². The number of benzene rings is 1. The van der Waals surface area contributed by atoms with Crippen LogP contribution >= 0.6 is 0 Å². The molecule has 0 aliphatic carbocycles. The fourth-order valence-electron chi connectivity index (χ4n) is 0.990. The normalized spacial score (nSPS) is 11.5. The Balaban J connectivity index is 3.20. The molecule has 4 N–H and O–H groups in total. The fourth-order valence-corrected chi connectivity index (χ4v) is 1.75. The summed E-state index contributed by atoms with van der Waals surface area (Å²) in [5.41, 5.74) is 0.451. The molecule has 1 aromatic rings. The van der Waals surface area contributed by atoms with Gasteiger partial charge in [0, 0.05) is 0 Å². The zero-order valence-corrected chi connectivity index (χ0v) is 7.62. The molecular weight excluding hydrogens is 192 g/mol. The van der Waals surface area contributed by atoms with E-state index < -0.39 is 10.0 Å². The van der Waals surface area contributed by atoms with Crippen molar-refractivity contribution in [3.63, 3.8) is 0 Å². The van der Waals surface area contributed by atoms with Crippen LogP contribution in [0.5, 0.6) is 0 Å². The van der Waals surface area contributed by atoms with Crippen molar-refractivity contribution in [2.75, 3.05) is 0 Å². The van der Waals surface area contributed by atoms with Crippen LogP contribution in [0.15, 0.2) is 29.2 Å². The van der Waals surface area contributed by atoms with E-state index in [4.69, 9.17) is 11.0 Å². The average molecular weight is 202 g/mol. The molecule has 0 saturated heterocycles. The Morgan fingerprint density at radius 3 is 2.46 bits per heavy atom. The first-order valence-electron chi connectivity index (χ1n) is 3.48. The fraction of sp³-hybridized carbons (Fsp3) is 0.143. The molecule has 0 unspecified atom stereocenters. The summed E-state index contributed by atoms with van der Waals surface area (Å²) in [6.07, 6.45) is 0. The highest BCUT2D eigenvalue weighted by Crippen LogP contribution is 2.13. The minimum absolute atomic E-state index is 0.0204. The summed E-state index contributed by atoms with van der Waals surface area (Å²) in [5, 5.41) is 4.96. The molecule has 0 amide bonds. The van der Waals surface area contributed by atoms with Gasteiger partial charge in [0.2, 0.25) is 10.0 Å². The van der Waals surface area contributed by atoms with Gasteiger partial charge in [-0.15, -0.1) is 0 Å². The standard InChI is InChI=1S/C7H10N2O3S/c8-12-5-6-3-1-2-4-7(6)13(9,10)11/h1-4H,5,8H2,(H2,9,10,11). The highest BCUT2D eigenvalue weighted by Gasteiger charge is 2.12. The first-order chi connectivity index (χ1) is 6.05. The third-order valence-corrected chi connectivity index (χ3v) is 2.53. The molecule has 0 fully saturated rings. The van der Waals surface area contributed by atoms with Crippen molar-refractivity contribution in [2.24, 2.45) is 11.0 Å². The SMILES string of the molecule is NOCc1ccccc1S(N)(=O)=O. The highest BCUT2D eigenvalue weighted by atomic mass is 32.2. The summed E-state index contributed by atoms with van der Waals surface area (Å²) < 4.78 is 22.0. The van der Waals surface area contributed by atoms with Crippen molar-refractivity contribution >= 4 is 10.0 Å². The highest BCUT2D eigenvalue weighted by molar-refractivity contribution is 7.89. The van der Waals surface area contributed by atoms with E-state index in [9.17, 15) is 8.42 Å². The predicted octanol–water partition coefficient (Wildman–Crippen LogP) is -0.276. The molecule has 0 bridgehead atoms. The monoisotopic (exact) mass is 202 g/mol. The van der Waals surface area contributed by atoms with Crippen molar-refractivity contribution in [2.45, 2.75) is 11.5 Å². The first kappa shape index (κ1) is 10.1. The van der Waals surface area contributed by atoms with Crippen molar-refractivity contribution in [3.8, 4) is 0 Å². The van der Waals surface area contributed by atoms with Gasteiger partial charge in [-0.25, -0.2) is 19.5 Å². The quantitative estimate of drug-likeness (QED) is 0.659. The molecule has 0 saturated carbocycles. The molecule has 0 atom stereocenters. The second kappa shape index (κ2) is 3.84. The minimum atomic E-state index is -3.69. The van der Waals surface area contributed by atoms with Gasteiger partial charge in [-0.05, 0) is 11.6 Å². The Labute approximate surface area is 76.3 Å². The number of hydrogen-bond acceptors (Lipinski definition) is 4. The molecule has 1 aromatic carbocycles. The molecule has 13 heavy (non-hydrogen) atoms. The Morgan fingerprint density at radius 2 is 1.92 bits per heavy atom. The first-order valence-corrected chi connectivity index (χ1v) is 5.02. The molecule has 0 aliphatic rings.